The van der Waals surface area contributed by atoms with Crippen molar-refractivity contribution < 1.29 is 9.53 Å². The first-order valence-electron chi connectivity index (χ1n) is 10.3. The van der Waals surface area contributed by atoms with Gasteiger partial charge in [-0.25, -0.2) is 0 Å². The summed E-state index contributed by atoms with van der Waals surface area (Å²) in [4.78, 5) is 0. The number of aromatic hydroxyl groups is 1. The molecule has 0 aliphatic rings. The average molecular weight is 405 g/mol. The van der Waals surface area contributed by atoms with Gasteiger partial charge in [-0.1, -0.05) is 92.6 Å². The van der Waals surface area contributed by atoms with Crippen LogP contribution in [0.2, 0.25) is 5.04 Å². The summed E-state index contributed by atoms with van der Waals surface area (Å²) in [6.07, 6.45) is 0.822. The quantitative estimate of drug-likeness (QED) is 0.577. The van der Waals surface area contributed by atoms with Crippen LogP contribution < -0.4 is 10.4 Å². The lowest BCUT2D eigenvalue weighted by molar-refractivity contribution is 0.302. The molecule has 29 heavy (non-hydrogen) atoms. The predicted octanol–water partition coefficient (Wildman–Crippen LogP) is 5.13. The van der Waals surface area contributed by atoms with Gasteiger partial charge < -0.3 is 9.53 Å². The van der Waals surface area contributed by atoms with Crippen molar-refractivity contribution in [3.63, 3.8) is 0 Å². The van der Waals surface area contributed by atoms with Gasteiger partial charge in [0.1, 0.15) is 5.75 Å². The standard InChI is InChI=1S/C26H32O2Si/c1-20-6-14-24(15-7-20)29(26(3,4)5,25-16-8-21(2)9-17-25)28-19-18-22-10-12-23(27)13-11-22/h6-17,27H,18-19H2,1-5H3. The van der Waals surface area contributed by atoms with E-state index in [2.05, 4.69) is 83.1 Å². The highest BCUT2D eigenvalue weighted by Crippen LogP contribution is 2.37. The zero-order chi connectivity index (χ0) is 21.1. The molecule has 0 atom stereocenters. The maximum atomic E-state index is 9.54. The lowest BCUT2D eigenvalue weighted by Crippen LogP contribution is -2.66. The molecule has 3 heteroatoms. The third-order valence-corrected chi connectivity index (χ3v) is 10.7. The maximum absolute atomic E-state index is 9.54. The fraction of sp³-hybridized carbons (Fsp3) is 0.308. The molecule has 3 rings (SSSR count). The van der Waals surface area contributed by atoms with Crippen LogP contribution in [0.4, 0.5) is 0 Å². The molecule has 0 heterocycles. The normalized spacial score (nSPS) is 12.2. The molecule has 3 aromatic rings. The van der Waals surface area contributed by atoms with Gasteiger partial charge in [-0.3, -0.25) is 0 Å². The Kier molecular flexibility index (Phi) is 6.30. The van der Waals surface area contributed by atoms with Crippen LogP contribution in [0.15, 0.2) is 72.8 Å². The van der Waals surface area contributed by atoms with E-state index in [0.717, 1.165) is 6.42 Å². The topological polar surface area (TPSA) is 29.5 Å². The second-order valence-electron chi connectivity index (χ2n) is 8.93. The number of rotatable bonds is 6. The van der Waals surface area contributed by atoms with Crippen LogP contribution in [0.25, 0.3) is 0 Å². The van der Waals surface area contributed by atoms with Crippen molar-refractivity contribution in [1.29, 1.82) is 0 Å². The lowest BCUT2D eigenvalue weighted by atomic mass is 10.2. The van der Waals surface area contributed by atoms with Crippen molar-refractivity contribution in [2.75, 3.05) is 6.61 Å². The Morgan fingerprint density at radius 2 is 1.17 bits per heavy atom. The molecule has 3 aromatic carbocycles. The van der Waals surface area contributed by atoms with Crippen LogP contribution in [-0.4, -0.2) is 20.0 Å². The van der Waals surface area contributed by atoms with E-state index in [0.29, 0.717) is 12.4 Å². The third-order valence-electron chi connectivity index (χ3n) is 5.62. The molecule has 0 bridgehead atoms. The second-order valence-corrected chi connectivity index (χ2v) is 13.2. The molecular weight excluding hydrogens is 372 g/mol. The average Bonchev–Trinajstić information content (AvgIpc) is 2.67. The van der Waals surface area contributed by atoms with E-state index in [4.69, 9.17) is 4.43 Å². The molecule has 0 spiro atoms. The van der Waals surface area contributed by atoms with E-state index in [1.165, 1.54) is 27.1 Å². The van der Waals surface area contributed by atoms with Crippen molar-refractivity contribution in [2.24, 2.45) is 0 Å². The van der Waals surface area contributed by atoms with Crippen LogP contribution in [0.5, 0.6) is 5.75 Å². The monoisotopic (exact) mass is 404 g/mol. The largest absolute Gasteiger partial charge is 0.508 e. The number of benzene rings is 3. The molecule has 0 aliphatic heterocycles. The Balaban J connectivity index is 2.02. The van der Waals surface area contributed by atoms with E-state index in [1.807, 2.05) is 12.1 Å². The first-order valence-corrected chi connectivity index (χ1v) is 12.2. The zero-order valence-corrected chi connectivity index (χ0v) is 19.2. The highest BCUT2D eigenvalue weighted by molar-refractivity contribution is 6.99. The summed E-state index contributed by atoms with van der Waals surface area (Å²) in [6, 6.07) is 25.2. The van der Waals surface area contributed by atoms with Crippen molar-refractivity contribution in [3.05, 3.63) is 89.5 Å². The van der Waals surface area contributed by atoms with Gasteiger partial charge in [0.25, 0.3) is 8.32 Å². The molecule has 0 unspecified atom stereocenters. The highest BCUT2D eigenvalue weighted by Gasteiger charge is 2.50. The van der Waals surface area contributed by atoms with Crippen molar-refractivity contribution in [2.45, 2.75) is 46.1 Å². The van der Waals surface area contributed by atoms with Crippen molar-refractivity contribution in [1.82, 2.24) is 0 Å². The molecule has 152 valence electrons. The van der Waals surface area contributed by atoms with Gasteiger partial charge in [-0.2, -0.15) is 0 Å². The minimum Gasteiger partial charge on any atom is -0.508 e. The van der Waals surface area contributed by atoms with Gasteiger partial charge in [-0.15, -0.1) is 0 Å². The number of aryl methyl sites for hydroxylation is 2. The molecule has 0 saturated carbocycles. The number of hydrogen-bond donors (Lipinski definition) is 1. The van der Waals surface area contributed by atoms with Crippen LogP contribution in [-0.2, 0) is 10.8 Å². The first kappa shape index (κ1) is 21.3. The summed E-state index contributed by atoms with van der Waals surface area (Å²) in [5.41, 5.74) is 3.70. The van der Waals surface area contributed by atoms with Gasteiger partial charge in [-0.05, 0) is 53.4 Å². The molecule has 0 aliphatic carbocycles. The fourth-order valence-corrected chi connectivity index (χ4v) is 8.49. The molecule has 2 nitrogen and oxygen atoms in total. The minimum absolute atomic E-state index is 0.0214. The molecular formula is C26H32O2Si. The van der Waals surface area contributed by atoms with Crippen LogP contribution in [0.1, 0.15) is 37.5 Å². The fourth-order valence-electron chi connectivity index (χ4n) is 3.98. The minimum atomic E-state index is -2.51. The van der Waals surface area contributed by atoms with Crippen LogP contribution in [0, 0.1) is 13.8 Å². The summed E-state index contributed by atoms with van der Waals surface area (Å²) in [6.45, 7) is 11.8. The molecule has 0 saturated heterocycles. The SMILES string of the molecule is Cc1ccc([Si](OCCc2ccc(O)cc2)(c2ccc(C)cc2)C(C)(C)C)cc1. The highest BCUT2D eigenvalue weighted by atomic mass is 28.4. The van der Waals surface area contributed by atoms with Crippen molar-refractivity contribution in [3.8, 4) is 5.75 Å². The summed E-state index contributed by atoms with van der Waals surface area (Å²) >= 11 is 0. The van der Waals surface area contributed by atoms with Crippen LogP contribution in [0.3, 0.4) is 0 Å². The molecule has 0 fully saturated rings. The van der Waals surface area contributed by atoms with Crippen LogP contribution >= 0.6 is 0 Å². The molecule has 0 aromatic heterocycles. The van der Waals surface area contributed by atoms with Gasteiger partial charge in [0, 0.05) is 6.61 Å². The number of phenols is 1. The molecule has 0 radical (unpaired) electrons. The van der Waals surface area contributed by atoms with E-state index in [-0.39, 0.29) is 5.04 Å². The predicted molar refractivity (Wildman–Crippen MR) is 125 cm³/mol. The maximum Gasteiger partial charge on any atom is 0.261 e. The molecule has 1 N–H and O–H groups in total. The summed E-state index contributed by atoms with van der Waals surface area (Å²) in [7, 11) is -2.51. The number of hydrogen-bond acceptors (Lipinski definition) is 2. The van der Waals surface area contributed by atoms with Gasteiger partial charge in [0.15, 0.2) is 0 Å². The Hall–Kier alpha value is -2.36. The van der Waals surface area contributed by atoms with E-state index < -0.39 is 8.32 Å². The van der Waals surface area contributed by atoms with E-state index in [1.54, 1.807) is 12.1 Å². The summed E-state index contributed by atoms with van der Waals surface area (Å²) in [5.74, 6) is 0.299. The Labute approximate surface area is 176 Å². The Bertz CT molecular complexity index is 875. The summed E-state index contributed by atoms with van der Waals surface area (Å²) in [5, 5.41) is 12.1. The van der Waals surface area contributed by atoms with Gasteiger partial charge in [0.2, 0.25) is 0 Å². The van der Waals surface area contributed by atoms with Gasteiger partial charge in [0.05, 0.1) is 0 Å². The first-order chi connectivity index (χ1) is 13.7. The zero-order valence-electron chi connectivity index (χ0n) is 18.2. The Morgan fingerprint density at radius 1 is 0.724 bits per heavy atom. The summed E-state index contributed by atoms with van der Waals surface area (Å²) < 4.78 is 6.96. The molecule has 0 amide bonds. The number of phenolic OH excluding ortho intramolecular Hbond substituents is 1. The van der Waals surface area contributed by atoms with Crippen molar-refractivity contribution >= 4 is 18.7 Å². The van der Waals surface area contributed by atoms with E-state index >= 15 is 0 Å². The smallest absolute Gasteiger partial charge is 0.261 e. The lowest BCUT2D eigenvalue weighted by Gasteiger charge is -2.43. The van der Waals surface area contributed by atoms with E-state index in [9.17, 15) is 5.11 Å². The second kappa shape index (κ2) is 8.56. The van der Waals surface area contributed by atoms with Gasteiger partial charge >= 0.3 is 0 Å². The third kappa shape index (κ3) is 4.63. The Morgan fingerprint density at radius 3 is 1.59 bits per heavy atom.